The fourth-order valence-corrected chi connectivity index (χ4v) is 2.08. The van der Waals surface area contributed by atoms with E-state index in [9.17, 15) is 0 Å². The zero-order chi connectivity index (χ0) is 11.5. The predicted octanol–water partition coefficient (Wildman–Crippen LogP) is 4.04. The monoisotopic (exact) mass is 219 g/mol. The molecule has 1 nitrogen and oxygen atoms in total. The van der Waals surface area contributed by atoms with Crippen molar-refractivity contribution in [2.24, 2.45) is 0 Å². The van der Waals surface area contributed by atoms with Crippen LogP contribution in [-0.4, -0.2) is 4.98 Å². The Morgan fingerprint density at radius 2 is 1.71 bits per heavy atom. The number of allylic oxidation sites excluding steroid dienone is 2. The second-order valence-electron chi connectivity index (χ2n) is 4.12. The van der Waals surface area contributed by atoms with Gasteiger partial charge in [0.2, 0.25) is 0 Å². The van der Waals surface area contributed by atoms with Crippen LogP contribution in [0.1, 0.15) is 23.2 Å². The lowest BCUT2D eigenvalue weighted by molar-refractivity contribution is 1.24. The second kappa shape index (κ2) is 4.38. The first-order valence-electron chi connectivity index (χ1n) is 5.81. The van der Waals surface area contributed by atoms with E-state index in [-0.39, 0.29) is 0 Å². The van der Waals surface area contributed by atoms with Gasteiger partial charge < -0.3 is 0 Å². The van der Waals surface area contributed by atoms with E-state index in [0.29, 0.717) is 0 Å². The summed E-state index contributed by atoms with van der Waals surface area (Å²) in [6.45, 7) is 0. The Hall–Kier alpha value is -2.15. The maximum absolute atomic E-state index is 4.41. The summed E-state index contributed by atoms with van der Waals surface area (Å²) in [5, 5.41) is 0. The number of fused-ring (bicyclic) bond motifs is 1. The van der Waals surface area contributed by atoms with Crippen LogP contribution in [0.4, 0.5) is 0 Å². The highest BCUT2D eigenvalue weighted by Gasteiger charge is 2.06. The third-order valence-electron chi connectivity index (χ3n) is 2.95. The van der Waals surface area contributed by atoms with Gasteiger partial charge in [-0.1, -0.05) is 42.5 Å². The van der Waals surface area contributed by atoms with Crippen molar-refractivity contribution >= 4 is 17.7 Å². The quantitative estimate of drug-likeness (QED) is 0.705. The van der Waals surface area contributed by atoms with Crippen molar-refractivity contribution in [3.05, 3.63) is 71.6 Å². The van der Waals surface area contributed by atoms with Crippen molar-refractivity contribution in [3.63, 3.8) is 0 Å². The van der Waals surface area contributed by atoms with Crippen LogP contribution in [0.3, 0.4) is 0 Å². The number of pyridine rings is 1. The molecule has 17 heavy (non-hydrogen) atoms. The van der Waals surface area contributed by atoms with Crippen molar-refractivity contribution < 1.29 is 0 Å². The molecule has 82 valence electrons. The van der Waals surface area contributed by atoms with Gasteiger partial charge in [0, 0.05) is 6.20 Å². The first kappa shape index (κ1) is 10.0. The SMILES string of the molecule is C1=Cc2ccccc2C=C(c2ccccn2)C1. The third kappa shape index (κ3) is 2.04. The minimum atomic E-state index is 0.936. The molecule has 1 aromatic heterocycles. The van der Waals surface area contributed by atoms with Crippen molar-refractivity contribution in [2.75, 3.05) is 0 Å². The maximum Gasteiger partial charge on any atom is 0.0664 e. The van der Waals surface area contributed by atoms with E-state index in [0.717, 1.165) is 12.1 Å². The molecular formula is C16H13N. The number of benzene rings is 1. The standard InChI is InChI=1S/C16H13N/c1-2-7-14-12-15(9-5-8-13(14)6-1)16-10-3-4-11-17-16/h1-8,10-12H,9H2. The van der Waals surface area contributed by atoms with Crippen LogP contribution in [-0.2, 0) is 0 Å². The Balaban J connectivity index is 2.10. The van der Waals surface area contributed by atoms with E-state index in [1.54, 1.807) is 0 Å². The van der Waals surface area contributed by atoms with Crippen LogP contribution in [0.5, 0.6) is 0 Å². The van der Waals surface area contributed by atoms with E-state index in [4.69, 9.17) is 0 Å². The first-order chi connectivity index (χ1) is 8.43. The largest absolute Gasteiger partial charge is 0.257 e. The highest BCUT2D eigenvalue weighted by molar-refractivity contribution is 5.85. The summed E-state index contributed by atoms with van der Waals surface area (Å²) >= 11 is 0. The first-order valence-corrected chi connectivity index (χ1v) is 5.81. The van der Waals surface area contributed by atoms with Gasteiger partial charge in [0.1, 0.15) is 0 Å². The fourth-order valence-electron chi connectivity index (χ4n) is 2.08. The maximum atomic E-state index is 4.41. The summed E-state index contributed by atoms with van der Waals surface area (Å²) in [4.78, 5) is 4.41. The summed E-state index contributed by atoms with van der Waals surface area (Å²) in [7, 11) is 0. The number of rotatable bonds is 1. The average molecular weight is 219 g/mol. The average Bonchev–Trinajstić information content (AvgIpc) is 2.62. The zero-order valence-electron chi connectivity index (χ0n) is 9.51. The molecule has 2 aromatic rings. The molecule has 1 heterocycles. The Kier molecular flexibility index (Phi) is 2.59. The molecule has 0 radical (unpaired) electrons. The minimum Gasteiger partial charge on any atom is -0.257 e. The number of hydrogen-bond acceptors (Lipinski definition) is 1. The van der Waals surface area contributed by atoms with Crippen LogP contribution in [0, 0.1) is 0 Å². The molecule has 0 saturated carbocycles. The number of aromatic nitrogens is 1. The van der Waals surface area contributed by atoms with Gasteiger partial charge in [0.15, 0.2) is 0 Å². The van der Waals surface area contributed by atoms with Crippen LogP contribution >= 0.6 is 0 Å². The zero-order valence-corrected chi connectivity index (χ0v) is 9.51. The molecule has 0 N–H and O–H groups in total. The van der Waals surface area contributed by atoms with Crippen LogP contribution in [0.25, 0.3) is 17.7 Å². The summed E-state index contributed by atoms with van der Waals surface area (Å²) in [6, 6.07) is 14.5. The topological polar surface area (TPSA) is 12.9 Å². The van der Waals surface area contributed by atoms with E-state index < -0.39 is 0 Å². The lowest BCUT2D eigenvalue weighted by atomic mass is 10.0. The highest BCUT2D eigenvalue weighted by atomic mass is 14.7. The molecule has 1 aromatic carbocycles. The molecule has 1 aliphatic rings. The van der Waals surface area contributed by atoms with Gasteiger partial charge in [0.25, 0.3) is 0 Å². The fraction of sp³-hybridized carbons (Fsp3) is 0.0625. The van der Waals surface area contributed by atoms with Gasteiger partial charge in [-0.15, -0.1) is 0 Å². The van der Waals surface area contributed by atoms with Crippen molar-refractivity contribution in [3.8, 4) is 0 Å². The number of hydrogen-bond donors (Lipinski definition) is 0. The summed E-state index contributed by atoms with van der Waals surface area (Å²) in [6.07, 6.45) is 9.40. The minimum absolute atomic E-state index is 0.936. The van der Waals surface area contributed by atoms with Gasteiger partial charge in [-0.05, 0) is 41.3 Å². The van der Waals surface area contributed by atoms with Crippen molar-refractivity contribution in [1.82, 2.24) is 4.98 Å². The van der Waals surface area contributed by atoms with Gasteiger partial charge >= 0.3 is 0 Å². The van der Waals surface area contributed by atoms with Crippen molar-refractivity contribution in [2.45, 2.75) is 6.42 Å². The molecule has 0 unspecified atom stereocenters. The van der Waals surface area contributed by atoms with E-state index in [2.05, 4.69) is 53.5 Å². The lowest BCUT2D eigenvalue weighted by Crippen LogP contribution is -1.86. The van der Waals surface area contributed by atoms with Gasteiger partial charge in [-0.3, -0.25) is 4.98 Å². The van der Waals surface area contributed by atoms with Gasteiger partial charge in [-0.25, -0.2) is 0 Å². The molecule has 1 heteroatoms. The van der Waals surface area contributed by atoms with Crippen molar-refractivity contribution in [1.29, 1.82) is 0 Å². The summed E-state index contributed by atoms with van der Waals surface area (Å²) < 4.78 is 0. The third-order valence-corrected chi connectivity index (χ3v) is 2.95. The molecule has 3 rings (SSSR count). The summed E-state index contributed by atoms with van der Waals surface area (Å²) in [5.41, 5.74) is 4.88. The van der Waals surface area contributed by atoms with Gasteiger partial charge in [-0.2, -0.15) is 0 Å². The van der Waals surface area contributed by atoms with E-state index in [1.807, 2.05) is 18.3 Å². The Morgan fingerprint density at radius 1 is 0.882 bits per heavy atom. The summed E-state index contributed by atoms with van der Waals surface area (Å²) in [5.74, 6) is 0. The molecular weight excluding hydrogens is 206 g/mol. The molecule has 0 saturated heterocycles. The second-order valence-corrected chi connectivity index (χ2v) is 4.12. The normalized spacial score (nSPS) is 13.8. The predicted molar refractivity (Wildman–Crippen MR) is 72.2 cm³/mol. The van der Waals surface area contributed by atoms with Crippen LogP contribution in [0.2, 0.25) is 0 Å². The molecule has 1 aliphatic carbocycles. The highest BCUT2D eigenvalue weighted by Crippen LogP contribution is 2.26. The molecule has 0 aliphatic heterocycles. The molecule has 0 fully saturated rings. The molecule has 0 amide bonds. The lowest BCUT2D eigenvalue weighted by Gasteiger charge is -2.03. The van der Waals surface area contributed by atoms with E-state index in [1.165, 1.54) is 16.7 Å². The van der Waals surface area contributed by atoms with Crippen LogP contribution < -0.4 is 0 Å². The van der Waals surface area contributed by atoms with E-state index >= 15 is 0 Å². The van der Waals surface area contributed by atoms with Crippen LogP contribution in [0.15, 0.2) is 54.7 Å². The Morgan fingerprint density at radius 3 is 2.53 bits per heavy atom. The smallest absolute Gasteiger partial charge is 0.0664 e. The molecule has 0 spiro atoms. The Bertz CT molecular complexity index is 579. The molecule has 0 bridgehead atoms. The molecule has 0 atom stereocenters. The Labute approximate surface area is 101 Å². The van der Waals surface area contributed by atoms with Gasteiger partial charge in [0.05, 0.1) is 5.69 Å². The number of nitrogens with zero attached hydrogens (tertiary/aromatic N) is 1.